The Morgan fingerprint density at radius 3 is 2.78 bits per heavy atom. The SMILES string of the molecule is CCNC(=NCC(C)CN1CCOCC1)N1CCSC(CC)C1. The Bertz CT molecular complexity index is 361. The second kappa shape index (κ2) is 10.4. The van der Waals surface area contributed by atoms with Gasteiger partial charge in [0.05, 0.1) is 13.2 Å². The molecule has 2 fully saturated rings. The minimum Gasteiger partial charge on any atom is -0.379 e. The minimum atomic E-state index is 0.586. The third-order valence-electron chi connectivity index (χ3n) is 4.45. The summed E-state index contributed by atoms with van der Waals surface area (Å²) in [4.78, 5) is 9.89. The second-order valence-corrected chi connectivity index (χ2v) is 7.97. The van der Waals surface area contributed by atoms with E-state index in [4.69, 9.17) is 9.73 Å². The molecular formula is C17H34N4OS. The lowest BCUT2D eigenvalue weighted by molar-refractivity contribution is 0.0323. The molecule has 6 heteroatoms. The fourth-order valence-corrected chi connectivity index (χ4v) is 4.29. The van der Waals surface area contributed by atoms with Crippen LogP contribution >= 0.6 is 11.8 Å². The Balaban J connectivity index is 1.84. The van der Waals surface area contributed by atoms with E-state index in [0.717, 1.165) is 70.2 Å². The molecule has 2 saturated heterocycles. The van der Waals surface area contributed by atoms with Gasteiger partial charge in [-0.1, -0.05) is 13.8 Å². The Kier molecular flexibility index (Phi) is 8.55. The number of aliphatic imine (C=N–C) groups is 1. The molecule has 2 heterocycles. The van der Waals surface area contributed by atoms with Crippen molar-refractivity contribution in [3.63, 3.8) is 0 Å². The van der Waals surface area contributed by atoms with Gasteiger partial charge in [-0.3, -0.25) is 9.89 Å². The summed E-state index contributed by atoms with van der Waals surface area (Å²) in [7, 11) is 0. The van der Waals surface area contributed by atoms with Crippen LogP contribution in [-0.2, 0) is 4.74 Å². The molecular weight excluding hydrogens is 308 g/mol. The number of rotatable bonds is 6. The smallest absolute Gasteiger partial charge is 0.193 e. The van der Waals surface area contributed by atoms with Crippen molar-refractivity contribution in [2.45, 2.75) is 32.4 Å². The first-order valence-electron chi connectivity index (χ1n) is 9.17. The predicted octanol–water partition coefficient (Wildman–Crippen LogP) is 1.75. The maximum atomic E-state index is 5.42. The van der Waals surface area contributed by atoms with Crippen LogP contribution in [0.25, 0.3) is 0 Å². The van der Waals surface area contributed by atoms with E-state index < -0.39 is 0 Å². The molecule has 23 heavy (non-hydrogen) atoms. The largest absolute Gasteiger partial charge is 0.379 e. The highest BCUT2D eigenvalue weighted by Crippen LogP contribution is 2.21. The van der Waals surface area contributed by atoms with Gasteiger partial charge in [0.1, 0.15) is 0 Å². The first kappa shape index (κ1) is 18.9. The summed E-state index contributed by atoms with van der Waals surface area (Å²) in [6, 6.07) is 0. The van der Waals surface area contributed by atoms with Gasteiger partial charge in [-0.25, -0.2) is 0 Å². The summed E-state index contributed by atoms with van der Waals surface area (Å²) in [6.07, 6.45) is 1.24. The van der Waals surface area contributed by atoms with Crippen molar-refractivity contribution in [1.82, 2.24) is 15.1 Å². The van der Waals surface area contributed by atoms with E-state index in [9.17, 15) is 0 Å². The molecule has 2 aliphatic heterocycles. The Morgan fingerprint density at radius 1 is 1.30 bits per heavy atom. The van der Waals surface area contributed by atoms with Gasteiger partial charge in [0.15, 0.2) is 5.96 Å². The topological polar surface area (TPSA) is 40.1 Å². The molecule has 0 spiro atoms. The molecule has 5 nitrogen and oxygen atoms in total. The van der Waals surface area contributed by atoms with Gasteiger partial charge < -0.3 is 15.0 Å². The highest BCUT2D eigenvalue weighted by molar-refractivity contribution is 8.00. The zero-order chi connectivity index (χ0) is 16.5. The zero-order valence-corrected chi connectivity index (χ0v) is 15.9. The number of hydrogen-bond donors (Lipinski definition) is 1. The fraction of sp³-hybridized carbons (Fsp3) is 0.941. The normalized spacial score (nSPS) is 25.4. The maximum absolute atomic E-state index is 5.42. The van der Waals surface area contributed by atoms with Crippen LogP contribution in [0.5, 0.6) is 0 Å². The number of ether oxygens (including phenoxy) is 1. The van der Waals surface area contributed by atoms with Crippen LogP contribution in [0.4, 0.5) is 0 Å². The lowest BCUT2D eigenvalue weighted by Crippen LogP contribution is -2.48. The van der Waals surface area contributed by atoms with Crippen molar-refractivity contribution in [3.05, 3.63) is 0 Å². The number of guanidine groups is 1. The summed E-state index contributed by atoms with van der Waals surface area (Å²) in [6.45, 7) is 15.9. The van der Waals surface area contributed by atoms with Crippen LogP contribution in [0.3, 0.4) is 0 Å². The first-order chi connectivity index (χ1) is 11.2. The zero-order valence-electron chi connectivity index (χ0n) is 15.1. The predicted molar refractivity (Wildman–Crippen MR) is 101 cm³/mol. The van der Waals surface area contributed by atoms with E-state index in [-0.39, 0.29) is 0 Å². The molecule has 2 rings (SSSR count). The highest BCUT2D eigenvalue weighted by atomic mass is 32.2. The highest BCUT2D eigenvalue weighted by Gasteiger charge is 2.21. The molecule has 134 valence electrons. The number of morpholine rings is 1. The quantitative estimate of drug-likeness (QED) is 0.588. The lowest BCUT2D eigenvalue weighted by atomic mass is 10.1. The number of thioether (sulfide) groups is 1. The van der Waals surface area contributed by atoms with Gasteiger partial charge in [-0.15, -0.1) is 0 Å². The molecule has 0 aliphatic carbocycles. The summed E-state index contributed by atoms with van der Waals surface area (Å²) < 4.78 is 5.42. The molecule has 0 aromatic heterocycles. The van der Waals surface area contributed by atoms with Crippen LogP contribution in [0.15, 0.2) is 4.99 Å². The maximum Gasteiger partial charge on any atom is 0.193 e. The summed E-state index contributed by atoms with van der Waals surface area (Å²) in [5.41, 5.74) is 0. The molecule has 0 saturated carbocycles. The van der Waals surface area contributed by atoms with Gasteiger partial charge in [0, 0.05) is 56.8 Å². The average Bonchev–Trinajstić information content (AvgIpc) is 2.59. The van der Waals surface area contributed by atoms with Gasteiger partial charge in [-0.2, -0.15) is 11.8 Å². The first-order valence-corrected chi connectivity index (χ1v) is 10.2. The van der Waals surface area contributed by atoms with E-state index >= 15 is 0 Å². The molecule has 2 aliphatic rings. The van der Waals surface area contributed by atoms with Crippen molar-refractivity contribution < 1.29 is 4.74 Å². The van der Waals surface area contributed by atoms with E-state index in [1.807, 2.05) is 0 Å². The number of nitrogens with one attached hydrogen (secondary N) is 1. The van der Waals surface area contributed by atoms with Crippen LogP contribution in [-0.4, -0.2) is 85.8 Å². The molecule has 0 radical (unpaired) electrons. The Labute approximate surface area is 146 Å². The molecule has 2 unspecified atom stereocenters. The van der Waals surface area contributed by atoms with E-state index in [0.29, 0.717) is 5.92 Å². The number of hydrogen-bond acceptors (Lipinski definition) is 4. The third kappa shape index (κ3) is 6.51. The van der Waals surface area contributed by atoms with E-state index in [1.54, 1.807) is 0 Å². The molecule has 0 amide bonds. The molecule has 0 bridgehead atoms. The molecule has 0 aromatic carbocycles. The van der Waals surface area contributed by atoms with Crippen molar-refractivity contribution in [3.8, 4) is 0 Å². The van der Waals surface area contributed by atoms with Crippen LogP contribution in [0, 0.1) is 5.92 Å². The second-order valence-electron chi connectivity index (χ2n) is 6.56. The number of nitrogens with zero attached hydrogens (tertiary/aromatic N) is 3. The average molecular weight is 343 g/mol. The molecule has 2 atom stereocenters. The van der Waals surface area contributed by atoms with Crippen molar-refractivity contribution in [2.24, 2.45) is 10.9 Å². The van der Waals surface area contributed by atoms with Gasteiger partial charge >= 0.3 is 0 Å². The Morgan fingerprint density at radius 2 is 2.09 bits per heavy atom. The lowest BCUT2D eigenvalue weighted by Gasteiger charge is -2.34. The monoisotopic (exact) mass is 342 g/mol. The Hall–Kier alpha value is -0.460. The standard InChI is InChI=1S/C17H34N4OS/c1-4-16-14-21(8-11-23-16)17(18-5-2)19-12-15(3)13-20-6-9-22-10-7-20/h15-16H,4-14H2,1-3H3,(H,18,19). The summed E-state index contributed by atoms with van der Waals surface area (Å²) >= 11 is 2.11. The molecule has 0 aromatic rings. The van der Waals surface area contributed by atoms with Gasteiger partial charge in [0.2, 0.25) is 0 Å². The third-order valence-corrected chi connectivity index (χ3v) is 5.83. The van der Waals surface area contributed by atoms with Crippen molar-refractivity contribution >= 4 is 17.7 Å². The van der Waals surface area contributed by atoms with Crippen LogP contribution < -0.4 is 5.32 Å². The van der Waals surface area contributed by atoms with Crippen molar-refractivity contribution in [2.75, 3.05) is 64.8 Å². The summed E-state index contributed by atoms with van der Waals surface area (Å²) in [5.74, 6) is 2.91. The van der Waals surface area contributed by atoms with Crippen LogP contribution in [0.2, 0.25) is 0 Å². The van der Waals surface area contributed by atoms with Crippen molar-refractivity contribution in [1.29, 1.82) is 0 Å². The van der Waals surface area contributed by atoms with E-state index in [1.165, 1.54) is 12.2 Å². The van der Waals surface area contributed by atoms with Crippen LogP contribution in [0.1, 0.15) is 27.2 Å². The fourth-order valence-electron chi connectivity index (χ4n) is 3.11. The van der Waals surface area contributed by atoms with Gasteiger partial charge in [-0.05, 0) is 19.3 Å². The summed E-state index contributed by atoms with van der Waals surface area (Å²) in [5, 5.41) is 4.24. The van der Waals surface area contributed by atoms with E-state index in [2.05, 4.69) is 47.6 Å². The van der Waals surface area contributed by atoms with Gasteiger partial charge in [0.25, 0.3) is 0 Å². The molecule has 1 N–H and O–H groups in total. The minimum absolute atomic E-state index is 0.586.